The molecule has 2 aromatic heterocycles. The number of hydrogen-bond acceptors (Lipinski definition) is 7. The number of hydrogen-bond donors (Lipinski definition) is 0. The highest BCUT2D eigenvalue weighted by atomic mass is 32.1. The molecule has 2 heterocycles. The monoisotopic (exact) mass is 490 g/mol. The predicted octanol–water partition coefficient (Wildman–Crippen LogP) is 4.86. The number of thiophene rings is 1. The van der Waals surface area contributed by atoms with Crippen molar-refractivity contribution in [2.75, 3.05) is 6.61 Å². The molecule has 1 unspecified atom stereocenters. The first kappa shape index (κ1) is 24.3. The zero-order valence-electron chi connectivity index (χ0n) is 19.6. The molecule has 0 aliphatic carbocycles. The quantitative estimate of drug-likeness (QED) is 0.312. The second kappa shape index (κ2) is 11.1. The van der Waals surface area contributed by atoms with Gasteiger partial charge in [-0.3, -0.25) is 9.36 Å². The zero-order valence-corrected chi connectivity index (χ0v) is 20.4. The van der Waals surface area contributed by atoms with E-state index in [1.54, 1.807) is 13.8 Å². The number of rotatable bonds is 9. The number of esters is 2. The maximum absolute atomic E-state index is 13.3. The van der Waals surface area contributed by atoms with Crippen molar-refractivity contribution in [3.8, 4) is 0 Å². The number of nitrogens with zero attached hydrogens (tertiary/aromatic N) is 2. The van der Waals surface area contributed by atoms with Crippen molar-refractivity contribution in [2.24, 2.45) is 0 Å². The molecule has 1 atom stereocenters. The summed E-state index contributed by atoms with van der Waals surface area (Å²) >= 11 is 1.12. The first-order valence-corrected chi connectivity index (χ1v) is 12.2. The summed E-state index contributed by atoms with van der Waals surface area (Å²) in [5.41, 5.74) is 2.06. The van der Waals surface area contributed by atoms with Crippen molar-refractivity contribution in [1.29, 1.82) is 0 Å². The van der Waals surface area contributed by atoms with Gasteiger partial charge in [0.1, 0.15) is 22.4 Å². The first-order valence-electron chi connectivity index (χ1n) is 11.4. The van der Waals surface area contributed by atoms with Crippen LogP contribution in [0.1, 0.15) is 45.7 Å². The molecule has 0 saturated heterocycles. The Bertz CT molecular complexity index is 1380. The molecule has 180 valence electrons. The Balaban J connectivity index is 1.51. The molecule has 0 saturated carbocycles. The fourth-order valence-corrected chi connectivity index (χ4v) is 4.86. The molecule has 0 radical (unpaired) electrons. The van der Waals surface area contributed by atoms with Gasteiger partial charge in [0.2, 0.25) is 0 Å². The number of carbonyl (C=O) groups is 2. The van der Waals surface area contributed by atoms with E-state index in [4.69, 9.17) is 9.47 Å². The lowest BCUT2D eigenvalue weighted by Gasteiger charge is -2.17. The van der Waals surface area contributed by atoms with Gasteiger partial charge in [-0.05, 0) is 30.0 Å². The van der Waals surface area contributed by atoms with E-state index in [0.29, 0.717) is 33.5 Å². The van der Waals surface area contributed by atoms with Gasteiger partial charge in [0.05, 0.1) is 18.3 Å². The molecular weight excluding hydrogens is 464 g/mol. The Morgan fingerprint density at radius 3 is 2.31 bits per heavy atom. The minimum absolute atomic E-state index is 0.122. The lowest BCUT2D eigenvalue weighted by atomic mass is 10.1. The lowest BCUT2D eigenvalue weighted by molar-refractivity contribution is -0.149. The van der Waals surface area contributed by atoms with Crippen LogP contribution in [0.3, 0.4) is 0 Å². The van der Waals surface area contributed by atoms with E-state index in [9.17, 15) is 14.4 Å². The Morgan fingerprint density at radius 1 is 1.00 bits per heavy atom. The van der Waals surface area contributed by atoms with E-state index >= 15 is 0 Å². The standard InChI is InChI=1S/C27H26N2O5S/c1-3-21(26(31)34-16-20-12-8-5-9-13-20)29-17-28-24-22(25(29)30)18(2)23(35-24)27(32)33-15-14-19-10-6-4-7-11-19/h4-13,17,21H,3,14-16H2,1-2H3. The fourth-order valence-electron chi connectivity index (χ4n) is 3.83. The highest BCUT2D eigenvalue weighted by Crippen LogP contribution is 2.28. The first-order chi connectivity index (χ1) is 17.0. The van der Waals surface area contributed by atoms with Crippen LogP contribution < -0.4 is 5.56 Å². The van der Waals surface area contributed by atoms with E-state index in [2.05, 4.69) is 4.98 Å². The maximum Gasteiger partial charge on any atom is 0.348 e. The Hall–Kier alpha value is -3.78. The molecule has 0 fully saturated rings. The van der Waals surface area contributed by atoms with Crippen LogP contribution in [0.5, 0.6) is 0 Å². The van der Waals surface area contributed by atoms with E-state index in [0.717, 1.165) is 22.5 Å². The van der Waals surface area contributed by atoms with Gasteiger partial charge in [0.15, 0.2) is 0 Å². The summed E-state index contributed by atoms with van der Waals surface area (Å²) in [4.78, 5) is 44.0. The van der Waals surface area contributed by atoms with Crippen LogP contribution in [0.25, 0.3) is 10.2 Å². The van der Waals surface area contributed by atoms with Gasteiger partial charge in [-0.1, -0.05) is 67.6 Å². The number of aryl methyl sites for hydroxylation is 1. The van der Waals surface area contributed by atoms with Gasteiger partial charge in [-0.25, -0.2) is 14.6 Å². The SMILES string of the molecule is CCC(C(=O)OCc1ccccc1)n1cnc2sc(C(=O)OCCc3ccccc3)c(C)c2c1=O. The van der Waals surface area contributed by atoms with Crippen molar-refractivity contribution in [2.45, 2.75) is 39.3 Å². The van der Waals surface area contributed by atoms with Gasteiger partial charge in [-0.2, -0.15) is 0 Å². The number of aromatic nitrogens is 2. The number of ether oxygens (including phenoxy) is 2. The maximum atomic E-state index is 13.3. The summed E-state index contributed by atoms with van der Waals surface area (Å²) in [5.74, 6) is -0.991. The topological polar surface area (TPSA) is 87.5 Å². The van der Waals surface area contributed by atoms with Gasteiger partial charge in [-0.15, -0.1) is 11.3 Å². The van der Waals surface area contributed by atoms with Crippen molar-refractivity contribution in [3.05, 3.63) is 98.9 Å². The third-order valence-corrected chi connectivity index (χ3v) is 6.93. The molecule has 0 N–H and O–H groups in total. The second-order valence-corrected chi connectivity index (χ2v) is 9.08. The third-order valence-electron chi connectivity index (χ3n) is 5.75. The van der Waals surface area contributed by atoms with Crippen molar-refractivity contribution in [1.82, 2.24) is 9.55 Å². The molecule has 7 nitrogen and oxygen atoms in total. The van der Waals surface area contributed by atoms with E-state index in [-0.39, 0.29) is 18.8 Å². The van der Waals surface area contributed by atoms with Crippen LogP contribution in [0.2, 0.25) is 0 Å². The molecule has 35 heavy (non-hydrogen) atoms. The highest BCUT2D eigenvalue weighted by Gasteiger charge is 2.26. The molecule has 0 spiro atoms. The molecule has 2 aromatic carbocycles. The van der Waals surface area contributed by atoms with Crippen molar-refractivity contribution in [3.63, 3.8) is 0 Å². The molecule has 0 aliphatic rings. The summed E-state index contributed by atoms with van der Waals surface area (Å²) in [5, 5.41) is 0.321. The summed E-state index contributed by atoms with van der Waals surface area (Å²) in [7, 11) is 0. The van der Waals surface area contributed by atoms with Gasteiger partial charge in [0, 0.05) is 6.42 Å². The zero-order chi connectivity index (χ0) is 24.8. The van der Waals surface area contributed by atoms with E-state index < -0.39 is 18.0 Å². The van der Waals surface area contributed by atoms with E-state index in [1.807, 2.05) is 60.7 Å². The number of fused-ring (bicyclic) bond motifs is 1. The molecule has 0 amide bonds. The normalized spacial score (nSPS) is 11.8. The molecule has 4 aromatic rings. The van der Waals surface area contributed by atoms with Crippen LogP contribution in [0, 0.1) is 6.92 Å². The van der Waals surface area contributed by atoms with Gasteiger partial charge in [0.25, 0.3) is 5.56 Å². The van der Waals surface area contributed by atoms with Crippen molar-refractivity contribution < 1.29 is 19.1 Å². The van der Waals surface area contributed by atoms with Gasteiger partial charge < -0.3 is 9.47 Å². The molecule has 8 heteroatoms. The van der Waals surface area contributed by atoms with E-state index in [1.165, 1.54) is 10.9 Å². The van der Waals surface area contributed by atoms with Crippen LogP contribution >= 0.6 is 11.3 Å². The smallest absolute Gasteiger partial charge is 0.348 e. The molecule has 0 aliphatic heterocycles. The number of benzene rings is 2. The average Bonchev–Trinajstić information content (AvgIpc) is 3.23. The minimum Gasteiger partial charge on any atom is -0.461 e. The summed E-state index contributed by atoms with van der Waals surface area (Å²) in [6, 6.07) is 18.3. The third kappa shape index (κ3) is 5.49. The predicted molar refractivity (Wildman–Crippen MR) is 135 cm³/mol. The van der Waals surface area contributed by atoms with Crippen LogP contribution in [0.4, 0.5) is 0 Å². The van der Waals surface area contributed by atoms with Crippen LogP contribution in [-0.4, -0.2) is 28.1 Å². The summed E-state index contributed by atoms with van der Waals surface area (Å²) in [6.45, 7) is 3.87. The average molecular weight is 491 g/mol. The second-order valence-electron chi connectivity index (χ2n) is 8.08. The summed E-state index contributed by atoms with van der Waals surface area (Å²) < 4.78 is 12.2. The highest BCUT2D eigenvalue weighted by molar-refractivity contribution is 7.20. The molecular formula is C27H26N2O5S. The molecule has 4 rings (SSSR count). The Kier molecular flexibility index (Phi) is 7.72. The number of carbonyl (C=O) groups excluding carboxylic acids is 2. The minimum atomic E-state index is -0.816. The van der Waals surface area contributed by atoms with Crippen molar-refractivity contribution >= 4 is 33.5 Å². The fraction of sp³-hybridized carbons (Fsp3) is 0.259. The van der Waals surface area contributed by atoms with Gasteiger partial charge >= 0.3 is 11.9 Å². The summed E-state index contributed by atoms with van der Waals surface area (Å²) in [6.07, 6.45) is 2.31. The Labute approximate surface area is 207 Å². The Morgan fingerprint density at radius 2 is 1.66 bits per heavy atom. The van der Waals surface area contributed by atoms with Crippen LogP contribution in [0.15, 0.2) is 71.8 Å². The largest absolute Gasteiger partial charge is 0.461 e. The van der Waals surface area contributed by atoms with Crippen LogP contribution in [-0.2, 0) is 27.3 Å². The lowest BCUT2D eigenvalue weighted by Crippen LogP contribution is -2.31. The molecule has 0 bridgehead atoms.